The number of nitrogens with one attached hydrogen (secondary N) is 2. The van der Waals surface area contributed by atoms with Crippen LogP contribution in [-0.2, 0) is 11.2 Å². The SMILES string of the molecule is CC1(NC(=O)C2Cc3ccccc32)CCNCC1. The van der Waals surface area contributed by atoms with Gasteiger partial charge in [-0.3, -0.25) is 4.79 Å². The zero-order valence-corrected chi connectivity index (χ0v) is 10.8. The average Bonchev–Trinajstić information content (AvgIpc) is 2.31. The first-order valence-corrected chi connectivity index (χ1v) is 6.78. The maximum absolute atomic E-state index is 12.3. The number of hydrogen-bond acceptors (Lipinski definition) is 2. The van der Waals surface area contributed by atoms with Gasteiger partial charge in [-0.15, -0.1) is 0 Å². The molecule has 2 N–H and O–H groups in total. The summed E-state index contributed by atoms with van der Waals surface area (Å²) in [6.07, 6.45) is 2.94. The molecule has 1 aromatic rings. The second kappa shape index (κ2) is 4.39. The van der Waals surface area contributed by atoms with Gasteiger partial charge in [0.15, 0.2) is 0 Å². The zero-order valence-electron chi connectivity index (χ0n) is 10.8. The highest BCUT2D eigenvalue weighted by atomic mass is 16.2. The lowest BCUT2D eigenvalue weighted by Crippen LogP contribution is -2.54. The van der Waals surface area contributed by atoms with Gasteiger partial charge in [-0.2, -0.15) is 0 Å². The van der Waals surface area contributed by atoms with E-state index in [4.69, 9.17) is 0 Å². The molecule has 0 radical (unpaired) electrons. The monoisotopic (exact) mass is 244 g/mol. The van der Waals surface area contributed by atoms with Gasteiger partial charge in [-0.25, -0.2) is 0 Å². The molecule has 1 unspecified atom stereocenters. The summed E-state index contributed by atoms with van der Waals surface area (Å²) in [5.74, 6) is 0.283. The number of fused-ring (bicyclic) bond motifs is 1. The van der Waals surface area contributed by atoms with Gasteiger partial charge < -0.3 is 10.6 Å². The van der Waals surface area contributed by atoms with E-state index >= 15 is 0 Å². The van der Waals surface area contributed by atoms with Crippen molar-refractivity contribution in [2.24, 2.45) is 0 Å². The average molecular weight is 244 g/mol. The highest BCUT2D eigenvalue weighted by Gasteiger charge is 2.36. The van der Waals surface area contributed by atoms with Crippen LogP contribution in [0.4, 0.5) is 0 Å². The van der Waals surface area contributed by atoms with Crippen molar-refractivity contribution < 1.29 is 4.79 Å². The zero-order chi connectivity index (χ0) is 12.6. The maximum Gasteiger partial charge on any atom is 0.228 e. The smallest absolute Gasteiger partial charge is 0.228 e. The van der Waals surface area contributed by atoms with Gasteiger partial charge in [0.2, 0.25) is 5.91 Å². The van der Waals surface area contributed by atoms with Crippen LogP contribution < -0.4 is 10.6 Å². The maximum atomic E-state index is 12.3. The van der Waals surface area contributed by atoms with Gasteiger partial charge in [0.05, 0.1) is 5.92 Å². The molecule has 1 fully saturated rings. The highest BCUT2D eigenvalue weighted by Crippen LogP contribution is 2.35. The minimum absolute atomic E-state index is 0.0210. The Labute approximate surface area is 108 Å². The van der Waals surface area contributed by atoms with Gasteiger partial charge in [0, 0.05) is 5.54 Å². The van der Waals surface area contributed by atoms with Crippen molar-refractivity contribution in [3.63, 3.8) is 0 Å². The molecular formula is C15H20N2O. The Morgan fingerprint density at radius 2 is 2.06 bits per heavy atom. The van der Waals surface area contributed by atoms with Gasteiger partial charge in [-0.05, 0) is 50.4 Å². The highest BCUT2D eigenvalue weighted by molar-refractivity contribution is 5.87. The third-order valence-electron chi connectivity index (χ3n) is 4.30. The van der Waals surface area contributed by atoms with E-state index in [9.17, 15) is 4.79 Å². The molecule has 1 atom stereocenters. The molecule has 1 aliphatic heterocycles. The van der Waals surface area contributed by atoms with Crippen LogP contribution in [-0.4, -0.2) is 24.5 Å². The normalized spacial score (nSPS) is 24.8. The Balaban J connectivity index is 1.67. The molecule has 1 aromatic carbocycles. The summed E-state index contributed by atoms with van der Waals surface area (Å²) < 4.78 is 0. The molecule has 1 amide bonds. The molecule has 3 nitrogen and oxygen atoms in total. The van der Waals surface area contributed by atoms with Crippen molar-refractivity contribution in [2.75, 3.05) is 13.1 Å². The van der Waals surface area contributed by atoms with E-state index < -0.39 is 0 Å². The summed E-state index contributed by atoms with van der Waals surface area (Å²) in [4.78, 5) is 12.3. The predicted octanol–water partition coefficient (Wildman–Crippen LogP) is 1.58. The summed E-state index contributed by atoms with van der Waals surface area (Å²) >= 11 is 0. The van der Waals surface area contributed by atoms with E-state index in [2.05, 4.69) is 29.7 Å². The van der Waals surface area contributed by atoms with E-state index in [-0.39, 0.29) is 17.4 Å². The van der Waals surface area contributed by atoms with Crippen LogP contribution in [0.25, 0.3) is 0 Å². The van der Waals surface area contributed by atoms with Gasteiger partial charge in [0.1, 0.15) is 0 Å². The molecule has 0 aromatic heterocycles. The minimum Gasteiger partial charge on any atom is -0.350 e. The fraction of sp³-hybridized carbons (Fsp3) is 0.533. The van der Waals surface area contributed by atoms with Crippen molar-refractivity contribution in [2.45, 2.75) is 37.6 Å². The van der Waals surface area contributed by atoms with Crippen molar-refractivity contribution in [1.29, 1.82) is 0 Å². The molecule has 2 aliphatic rings. The molecular weight excluding hydrogens is 224 g/mol. The molecule has 3 heteroatoms. The van der Waals surface area contributed by atoms with E-state index in [0.717, 1.165) is 32.4 Å². The number of carbonyl (C=O) groups is 1. The van der Waals surface area contributed by atoms with Crippen molar-refractivity contribution in [1.82, 2.24) is 10.6 Å². The summed E-state index contributed by atoms with van der Waals surface area (Å²) in [5, 5.41) is 6.59. The molecule has 1 heterocycles. The summed E-state index contributed by atoms with van der Waals surface area (Å²) in [6, 6.07) is 8.25. The summed E-state index contributed by atoms with van der Waals surface area (Å²) in [5.41, 5.74) is 2.52. The van der Waals surface area contributed by atoms with Gasteiger partial charge in [-0.1, -0.05) is 24.3 Å². The van der Waals surface area contributed by atoms with Crippen molar-refractivity contribution in [3.8, 4) is 0 Å². The lowest BCUT2D eigenvalue weighted by atomic mass is 9.76. The van der Waals surface area contributed by atoms with Crippen LogP contribution in [0.3, 0.4) is 0 Å². The molecule has 0 bridgehead atoms. The second-order valence-electron chi connectivity index (χ2n) is 5.76. The fourth-order valence-corrected chi connectivity index (χ4v) is 2.98. The molecule has 1 saturated heterocycles. The Morgan fingerprint density at radius 3 is 2.78 bits per heavy atom. The Bertz CT molecular complexity index is 463. The lowest BCUT2D eigenvalue weighted by Gasteiger charge is -2.38. The van der Waals surface area contributed by atoms with E-state index in [1.54, 1.807) is 0 Å². The Kier molecular flexibility index (Phi) is 2.86. The van der Waals surface area contributed by atoms with Crippen LogP contribution in [0.1, 0.15) is 36.8 Å². The third kappa shape index (κ3) is 2.03. The largest absolute Gasteiger partial charge is 0.350 e. The van der Waals surface area contributed by atoms with Crippen LogP contribution in [0, 0.1) is 0 Å². The molecule has 18 heavy (non-hydrogen) atoms. The first-order valence-electron chi connectivity index (χ1n) is 6.78. The topological polar surface area (TPSA) is 41.1 Å². The first kappa shape index (κ1) is 11.7. The standard InChI is InChI=1S/C15H20N2O/c1-15(6-8-16-9-7-15)17-14(18)13-10-11-4-2-3-5-12(11)13/h2-5,13,16H,6-10H2,1H3,(H,17,18). The predicted molar refractivity (Wildman–Crippen MR) is 71.5 cm³/mol. The van der Waals surface area contributed by atoms with Crippen molar-refractivity contribution >= 4 is 5.91 Å². The fourth-order valence-electron chi connectivity index (χ4n) is 2.98. The molecule has 3 rings (SSSR count). The number of benzene rings is 1. The minimum atomic E-state index is -0.0210. The molecule has 0 saturated carbocycles. The molecule has 1 aliphatic carbocycles. The number of piperidine rings is 1. The third-order valence-corrected chi connectivity index (χ3v) is 4.30. The van der Waals surface area contributed by atoms with E-state index in [1.165, 1.54) is 11.1 Å². The molecule has 96 valence electrons. The number of carbonyl (C=O) groups excluding carboxylic acids is 1. The number of hydrogen-bond donors (Lipinski definition) is 2. The summed E-state index contributed by atoms with van der Waals surface area (Å²) in [7, 11) is 0. The van der Waals surface area contributed by atoms with Crippen LogP contribution in [0.15, 0.2) is 24.3 Å². The quantitative estimate of drug-likeness (QED) is 0.829. The Morgan fingerprint density at radius 1 is 1.33 bits per heavy atom. The van der Waals surface area contributed by atoms with Crippen LogP contribution in [0.5, 0.6) is 0 Å². The van der Waals surface area contributed by atoms with E-state index in [0.29, 0.717) is 0 Å². The van der Waals surface area contributed by atoms with Crippen LogP contribution >= 0.6 is 0 Å². The number of amides is 1. The first-order chi connectivity index (χ1) is 8.68. The molecule has 0 spiro atoms. The Hall–Kier alpha value is -1.35. The number of rotatable bonds is 2. The lowest BCUT2D eigenvalue weighted by molar-refractivity contribution is -0.125. The van der Waals surface area contributed by atoms with Gasteiger partial charge in [0.25, 0.3) is 0 Å². The van der Waals surface area contributed by atoms with Gasteiger partial charge >= 0.3 is 0 Å². The van der Waals surface area contributed by atoms with Crippen molar-refractivity contribution in [3.05, 3.63) is 35.4 Å². The second-order valence-corrected chi connectivity index (χ2v) is 5.76. The van der Waals surface area contributed by atoms with Crippen LogP contribution in [0.2, 0.25) is 0 Å². The van der Waals surface area contributed by atoms with E-state index in [1.807, 2.05) is 12.1 Å². The summed E-state index contributed by atoms with van der Waals surface area (Å²) in [6.45, 7) is 4.16.